The molecular formula is C19H21N3O3S. The molecule has 7 heteroatoms. The van der Waals surface area contributed by atoms with Crippen molar-refractivity contribution >= 4 is 28.4 Å². The van der Waals surface area contributed by atoms with Gasteiger partial charge in [-0.25, -0.2) is 9.97 Å². The van der Waals surface area contributed by atoms with Crippen LogP contribution >= 0.6 is 11.3 Å². The molecule has 1 aliphatic heterocycles. The fraction of sp³-hybridized carbons (Fsp3) is 0.421. The molecule has 1 aliphatic rings. The van der Waals surface area contributed by atoms with E-state index in [1.165, 1.54) is 11.3 Å². The molecule has 2 N–H and O–H groups in total. The molecule has 0 radical (unpaired) electrons. The topological polar surface area (TPSA) is 88.2 Å². The zero-order valence-corrected chi connectivity index (χ0v) is 15.5. The fourth-order valence-corrected chi connectivity index (χ4v) is 4.68. The monoisotopic (exact) mass is 371 g/mol. The Labute approximate surface area is 155 Å². The number of fused-ring (bicyclic) bond motifs is 1. The van der Waals surface area contributed by atoms with Gasteiger partial charge in [-0.2, -0.15) is 0 Å². The Morgan fingerprint density at radius 3 is 2.92 bits per heavy atom. The summed E-state index contributed by atoms with van der Waals surface area (Å²) in [6.07, 6.45) is 2.71. The number of nitrogens with one attached hydrogen (secondary N) is 1. The van der Waals surface area contributed by atoms with Gasteiger partial charge in [-0.3, -0.25) is 10.1 Å². The van der Waals surface area contributed by atoms with Gasteiger partial charge in [0.2, 0.25) is 5.89 Å². The highest BCUT2D eigenvalue weighted by Gasteiger charge is 2.53. The molecule has 0 unspecified atom stereocenters. The molecular weight excluding hydrogens is 350 g/mol. The van der Waals surface area contributed by atoms with Gasteiger partial charge in [0, 0.05) is 11.6 Å². The maximum atomic E-state index is 12.2. The van der Waals surface area contributed by atoms with Crippen LogP contribution in [-0.2, 0) is 4.79 Å². The van der Waals surface area contributed by atoms with E-state index in [0.29, 0.717) is 18.7 Å². The Morgan fingerprint density at radius 1 is 1.46 bits per heavy atom. The summed E-state index contributed by atoms with van der Waals surface area (Å²) >= 11 is 1.52. The van der Waals surface area contributed by atoms with E-state index in [9.17, 15) is 9.90 Å². The predicted octanol–water partition coefficient (Wildman–Crippen LogP) is 3.97. The highest BCUT2D eigenvalue weighted by atomic mass is 32.1. The second-order valence-corrected chi connectivity index (χ2v) is 8.23. The highest BCUT2D eigenvalue weighted by Crippen LogP contribution is 2.47. The Bertz CT molecular complexity index is 888. The van der Waals surface area contributed by atoms with Gasteiger partial charge in [0.05, 0.1) is 12.0 Å². The van der Waals surface area contributed by atoms with Gasteiger partial charge in [0.1, 0.15) is 16.1 Å². The van der Waals surface area contributed by atoms with Crippen LogP contribution in [0.15, 0.2) is 40.3 Å². The number of para-hydroxylation sites is 2. The van der Waals surface area contributed by atoms with Crippen molar-refractivity contribution in [2.24, 2.45) is 5.92 Å². The van der Waals surface area contributed by atoms with Crippen LogP contribution in [0.3, 0.4) is 0 Å². The summed E-state index contributed by atoms with van der Waals surface area (Å²) in [5, 5.41) is 16.2. The van der Waals surface area contributed by atoms with E-state index < -0.39 is 11.5 Å². The minimum Gasteiger partial charge on any atom is -0.480 e. The normalized spacial score (nSPS) is 26.0. The van der Waals surface area contributed by atoms with Crippen LogP contribution in [0.4, 0.5) is 0 Å². The first-order valence-corrected chi connectivity index (χ1v) is 9.62. The average Bonchev–Trinajstić information content (AvgIpc) is 3.32. The van der Waals surface area contributed by atoms with E-state index in [1.807, 2.05) is 43.5 Å². The van der Waals surface area contributed by atoms with Crippen LogP contribution in [0, 0.1) is 5.92 Å². The number of carbonyl (C=O) groups is 1. The first-order chi connectivity index (χ1) is 12.5. The lowest BCUT2D eigenvalue weighted by molar-refractivity contribution is -0.145. The van der Waals surface area contributed by atoms with Crippen molar-refractivity contribution in [2.45, 2.75) is 44.2 Å². The van der Waals surface area contributed by atoms with Crippen LogP contribution in [0.25, 0.3) is 11.1 Å². The molecule has 3 aromatic rings. The second-order valence-electron chi connectivity index (χ2n) is 7.31. The van der Waals surface area contributed by atoms with E-state index >= 15 is 0 Å². The number of aliphatic carboxylic acids is 1. The number of nitrogens with zero attached hydrogens (tertiary/aromatic N) is 2. The highest BCUT2D eigenvalue weighted by molar-refractivity contribution is 7.09. The van der Waals surface area contributed by atoms with Gasteiger partial charge in [0.15, 0.2) is 5.58 Å². The number of aromatic nitrogens is 2. The third kappa shape index (κ3) is 2.91. The maximum Gasteiger partial charge on any atom is 0.323 e. The van der Waals surface area contributed by atoms with Gasteiger partial charge in [0.25, 0.3) is 0 Å². The molecule has 0 aliphatic carbocycles. The van der Waals surface area contributed by atoms with E-state index in [-0.39, 0.29) is 17.9 Å². The third-order valence-corrected chi connectivity index (χ3v) is 5.77. The van der Waals surface area contributed by atoms with Crippen molar-refractivity contribution in [3.63, 3.8) is 0 Å². The van der Waals surface area contributed by atoms with E-state index in [2.05, 4.69) is 15.3 Å². The Balaban J connectivity index is 1.78. The second kappa shape index (κ2) is 6.48. The quantitative estimate of drug-likeness (QED) is 0.705. The summed E-state index contributed by atoms with van der Waals surface area (Å²) in [4.78, 5) is 21.3. The van der Waals surface area contributed by atoms with Crippen molar-refractivity contribution in [1.29, 1.82) is 0 Å². The number of rotatable bonds is 5. The molecule has 2 aromatic heterocycles. The Kier molecular flexibility index (Phi) is 4.28. The lowest BCUT2D eigenvalue weighted by Gasteiger charge is -2.27. The average molecular weight is 371 g/mol. The summed E-state index contributed by atoms with van der Waals surface area (Å²) in [6.45, 7) is 4.08. The van der Waals surface area contributed by atoms with Crippen LogP contribution < -0.4 is 5.32 Å². The van der Waals surface area contributed by atoms with Crippen LogP contribution in [0.5, 0.6) is 0 Å². The first kappa shape index (κ1) is 17.2. The largest absolute Gasteiger partial charge is 0.480 e. The molecule has 0 bridgehead atoms. The SMILES string of the molecule is CC(C)C[C@@]1(C(=O)O)C[C@H](c2nc3ccccc3o2)[C@H](c2nccs2)N1. The lowest BCUT2D eigenvalue weighted by atomic mass is 9.84. The molecule has 1 aromatic carbocycles. The van der Waals surface area contributed by atoms with Crippen LogP contribution in [-0.4, -0.2) is 26.6 Å². The molecule has 26 heavy (non-hydrogen) atoms. The molecule has 0 saturated carbocycles. The molecule has 3 atom stereocenters. The zero-order valence-electron chi connectivity index (χ0n) is 14.7. The molecule has 1 fully saturated rings. The van der Waals surface area contributed by atoms with E-state index in [4.69, 9.17) is 4.42 Å². The number of thiazole rings is 1. The van der Waals surface area contributed by atoms with Crippen molar-refractivity contribution in [3.8, 4) is 0 Å². The number of benzene rings is 1. The number of hydrogen-bond acceptors (Lipinski definition) is 6. The van der Waals surface area contributed by atoms with Gasteiger partial charge in [-0.1, -0.05) is 26.0 Å². The summed E-state index contributed by atoms with van der Waals surface area (Å²) in [5.41, 5.74) is 0.504. The molecule has 0 spiro atoms. The summed E-state index contributed by atoms with van der Waals surface area (Å²) in [6, 6.07) is 7.38. The van der Waals surface area contributed by atoms with E-state index in [0.717, 1.165) is 16.1 Å². The Hall–Kier alpha value is -2.25. The predicted molar refractivity (Wildman–Crippen MR) is 99.2 cm³/mol. The lowest BCUT2D eigenvalue weighted by Crippen LogP contribution is -2.49. The Morgan fingerprint density at radius 2 is 2.27 bits per heavy atom. The van der Waals surface area contributed by atoms with Crippen molar-refractivity contribution in [3.05, 3.63) is 46.7 Å². The van der Waals surface area contributed by atoms with E-state index in [1.54, 1.807) is 6.20 Å². The molecule has 6 nitrogen and oxygen atoms in total. The van der Waals surface area contributed by atoms with Gasteiger partial charge in [-0.05, 0) is 30.9 Å². The zero-order chi connectivity index (χ0) is 18.3. The number of hydrogen-bond donors (Lipinski definition) is 2. The molecule has 136 valence electrons. The number of oxazole rings is 1. The minimum absolute atomic E-state index is 0.177. The van der Waals surface area contributed by atoms with Crippen molar-refractivity contribution in [2.75, 3.05) is 0 Å². The molecule has 3 heterocycles. The smallest absolute Gasteiger partial charge is 0.323 e. The van der Waals surface area contributed by atoms with Gasteiger partial charge in [-0.15, -0.1) is 11.3 Å². The summed E-state index contributed by atoms with van der Waals surface area (Å²) in [5.74, 6) is -0.182. The summed E-state index contributed by atoms with van der Waals surface area (Å²) in [7, 11) is 0. The fourth-order valence-electron chi connectivity index (χ4n) is 3.93. The van der Waals surface area contributed by atoms with Gasteiger partial charge >= 0.3 is 5.97 Å². The number of carboxylic acid groups (broad SMARTS) is 1. The first-order valence-electron chi connectivity index (χ1n) is 8.74. The summed E-state index contributed by atoms with van der Waals surface area (Å²) < 4.78 is 5.99. The van der Waals surface area contributed by atoms with Gasteiger partial charge < -0.3 is 9.52 Å². The maximum absolute atomic E-state index is 12.2. The number of carboxylic acids is 1. The standard InChI is InChI=1S/C19H21N3O3S/c1-11(2)9-19(18(23)24)10-12(15(22-19)17-20-7-8-26-17)16-21-13-5-3-4-6-14(13)25-16/h3-8,11-12,15,22H,9-10H2,1-2H3,(H,23,24)/t12-,15+,19-/m0/s1. The van der Waals surface area contributed by atoms with Crippen molar-refractivity contribution < 1.29 is 14.3 Å². The van der Waals surface area contributed by atoms with Crippen LogP contribution in [0.1, 0.15) is 49.5 Å². The minimum atomic E-state index is -1.00. The molecule has 4 rings (SSSR count). The molecule has 0 amide bonds. The van der Waals surface area contributed by atoms with Crippen LogP contribution in [0.2, 0.25) is 0 Å². The third-order valence-electron chi connectivity index (χ3n) is 4.91. The van der Waals surface area contributed by atoms with Crippen molar-refractivity contribution in [1.82, 2.24) is 15.3 Å². The molecule has 1 saturated heterocycles.